The Kier molecular flexibility index (Phi) is 6.34. The summed E-state index contributed by atoms with van der Waals surface area (Å²) >= 11 is 0. The van der Waals surface area contributed by atoms with Gasteiger partial charge in [0.25, 0.3) is 0 Å². The molecule has 2 N–H and O–H groups in total. The Hall–Kier alpha value is -0.570. The third-order valence-corrected chi connectivity index (χ3v) is 10.7. The Morgan fingerprint density at radius 2 is 1.77 bits per heavy atom. The Balaban J connectivity index is 1.54. The average molecular weight is 418 g/mol. The van der Waals surface area contributed by atoms with Gasteiger partial charge < -0.3 is 10.4 Å². The van der Waals surface area contributed by atoms with Crippen molar-refractivity contribution < 1.29 is 9.90 Å². The van der Waals surface area contributed by atoms with Crippen LogP contribution in [0.25, 0.3) is 0 Å². The number of fused-ring (bicyclic) bond motifs is 5. The lowest BCUT2D eigenvalue weighted by molar-refractivity contribution is -0.149. The van der Waals surface area contributed by atoms with Crippen LogP contribution in [0.4, 0.5) is 0 Å². The van der Waals surface area contributed by atoms with Crippen LogP contribution in [0.15, 0.2) is 0 Å². The van der Waals surface area contributed by atoms with Crippen LogP contribution in [0, 0.1) is 52.3 Å². The Bertz CT molecular complexity index is 632. The van der Waals surface area contributed by atoms with E-state index >= 15 is 0 Å². The second-order valence-electron chi connectivity index (χ2n) is 12.6. The van der Waals surface area contributed by atoms with Gasteiger partial charge in [0.05, 0.1) is 0 Å². The van der Waals surface area contributed by atoms with Crippen LogP contribution in [-0.2, 0) is 4.79 Å². The summed E-state index contributed by atoms with van der Waals surface area (Å²) in [5.41, 5.74) is 0.680. The van der Waals surface area contributed by atoms with Gasteiger partial charge in [0.1, 0.15) is 0 Å². The van der Waals surface area contributed by atoms with Crippen LogP contribution >= 0.6 is 0 Å². The van der Waals surface area contributed by atoms with Crippen molar-refractivity contribution in [1.29, 1.82) is 0 Å². The predicted octanol–water partition coefficient (Wildman–Crippen LogP) is 5.80. The molecule has 3 nitrogen and oxygen atoms in total. The van der Waals surface area contributed by atoms with Crippen molar-refractivity contribution in [2.24, 2.45) is 52.3 Å². The SMILES string of the molecule is CC(C)CCC[C@@H](C)[C@H]1CC[C@H]2[C@@H]3[C@@H](CO)C[C@H]4NC(=O)CC[C@]4(C)[C@H]3CC[C@]12C. The smallest absolute Gasteiger partial charge is 0.220 e. The highest BCUT2D eigenvalue weighted by molar-refractivity contribution is 5.77. The fourth-order valence-corrected chi connectivity index (χ4v) is 9.06. The zero-order valence-corrected chi connectivity index (χ0v) is 20.3. The molecule has 3 saturated carbocycles. The van der Waals surface area contributed by atoms with E-state index in [1.165, 1.54) is 44.9 Å². The molecule has 0 bridgehead atoms. The van der Waals surface area contributed by atoms with Crippen LogP contribution < -0.4 is 5.32 Å². The highest BCUT2D eigenvalue weighted by Crippen LogP contribution is 2.67. The van der Waals surface area contributed by atoms with E-state index in [-0.39, 0.29) is 17.4 Å². The maximum absolute atomic E-state index is 12.1. The first kappa shape index (κ1) is 22.6. The zero-order valence-electron chi connectivity index (χ0n) is 20.3. The summed E-state index contributed by atoms with van der Waals surface area (Å²) in [5.74, 6) is 5.17. The fraction of sp³-hybridized carbons (Fsp3) is 0.963. The molecule has 3 heteroatoms. The largest absolute Gasteiger partial charge is 0.396 e. The number of aliphatic hydroxyl groups excluding tert-OH is 1. The molecule has 1 amide bonds. The topological polar surface area (TPSA) is 49.3 Å². The number of aliphatic hydroxyl groups is 1. The summed E-state index contributed by atoms with van der Waals surface area (Å²) in [5, 5.41) is 13.7. The van der Waals surface area contributed by atoms with Crippen molar-refractivity contribution in [1.82, 2.24) is 5.32 Å². The third kappa shape index (κ3) is 3.65. The van der Waals surface area contributed by atoms with Crippen LogP contribution in [0.3, 0.4) is 0 Å². The maximum atomic E-state index is 12.1. The minimum absolute atomic E-state index is 0.226. The lowest BCUT2D eigenvalue weighted by atomic mass is 9.44. The molecule has 1 saturated heterocycles. The minimum Gasteiger partial charge on any atom is -0.396 e. The van der Waals surface area contributed by atoms with Gasteiger partial charge in [0.15, 0.2) is 0 Å². The van der Waals surface area contributed by atoms with Crippen LogP contribution in [-0.4, -0.2) is 23.7 Å². The predicted molar refractivity (Wildman–Crippen MR) is 123 cm³/mol. The molecular weight excluding hydrogens is 370 g/mol. The van der Waals surface area contributed by atoms with Gasteiger partial charge in [-0.25, -0.2) is 0 Å². The molecule has 3 aliphatic carbocycles. The molecule has 4 aliphatic rings. The summed E-state index contributed by atoms with van der Waals surface area (Å²) < 4.78 is 0. The quantitative estimate of drug-likeness (QED) is 0.573. The Labute approximate surface area is 185 Å². The molecule has 0 unspecified atom stereocenters. The highest BCUT2D eigenvalue weighted by Gasteiger charge is 2.62. The van der Waals surface area contributed by atoms with Crippen molar-refractivity contribution in [3.05, 3.63) is 0 Å². The first-order chi connectivity index (χ1) is 14.2. The molecule has 0 aromatic heterocycles. The number of nitrogens with one attached hydrogen (secondary N) is 1. The molecule has 30 heavy (non-hydrogen) atoms. The van der Waals surface area contributed by atoms with E-state index in [0.717, 1.165) is 36.5 Å². The maximum Gasteiger partial charge on any atom is 0.220 e. The highest BCUT2D eigenvalue weighted by atomic mass is 16.3. The first-order valence-electron chi connectivity index (χ1n) is 13.1. The van der Waals surface area contributed by atoms with Crippen LogP contribution in [0.2, 0.25) is 0 Å². The summed E-state index contributed by atoms with van der Waals surface area (Å²) in [6, 6.07) is 0.272. The minimum atomic E-state index is 0.226. The lowest BCUT2D eigenvalue weighted by Crippen LogP contribution is -2.63. The number of amides is 1. The normalized spacial score (nSPS) is 46.7. The third-order valence-electron chi connectivity index (χ3n) is 10.7. The van der Waals surface area contributed by atoms with E-state index in [1.54, 1.807) is 0 Å². The molecule has 1 aliphatic heterocycles. The molecule has 1 heterocycles. The zero-order chi connectivity index (χ0) is 21.7. The number of piperidine rings is 1. The van der Waals surface area contributed by atoms with Gasteiger partial charge >= 0.3 is 0 Å². The number of carbonyl (C=O) groups excluding carboxylic acids is 1. The monoisotopic (exact) mass is 417 g/mol. The van der Waals surface area contributed by atoms with Crippen molar-refractivity contribution in [3.8, 4) is 0 Å². The van der Waals surface area contributed by atoms with Gasteiger partial charge in [0, 0.05) is 19.1 Å². The number of hydrogen-bond acceptors (Lipinski definition) is 2. The summed E-state index contributed by atoms with van der Waals surface area (Å²) in [6.45, 7) is 12.6. The van der Waals surface area contributed by atoms with E-state index in [0.29, 0.717) is 36.2 Å². The molecule has 9 atom stereocenters. The van der Waals surface area contributed by atoms with Crippen molar-refractivity contribution in [3.63, 3.8) is 0 Å². The molecule has 0 aromatic carbocycles. The van der Waals surface area contributed by atoms with Gasteiger partial charge in [-0.2, -0.15) is 0 Å². The molecule has 0 radical (unpaired) electrons. The fourth-order valence-electron chi connectivity index (χ4n) is 9.06. The Morgan fingerprint density at radius 1 is 1.03 bits per heavy atom. The van der Waals surface area contributed by atoms with Crippen molar-refractivity contribution >= 4 is 5.91 Å². The lowest BCUT2D eigenvalue weighted by Gasteiger charge is -2.62. The second kappa shape index (κ2) is 8.41. The number of rotatable bonds is 6. The van der Waals surface area contributed by atoms with Crippen LogP contribution in [0.5, 0.6) is 0 Å². The van der Waals surface area contributed by atoms with Gasteiger partial charge in [-0.3, -0.25) is 4.79 Å². The van der Waals surface area contributed by atoms with Gasteiger partial charge in [0.2, 0.25) is 5.91 Å². The number of carbonyl (C=O) groups is 1. The van der Waals surface area contributed by atoms with Gasteiger partial charge in [-0.15, -0.1) is 0 Å². The summed E-state index contributed by atoms with van der Waals surface area (Å²) in [6.07, 6.45) is 12.2. The second-order valence-corrected chi connectivity index (χ2v) is 12.6. The molecule has 4 rings (SSSR count). The Morgan fingerprint density at radius 3 is 2.47 bits per heavy atom. The average Bonchev–Trinajstić information content (AvgIpc) is 3.05. The van der Waals surface area contributed by atoms with Gasteiger partial charge in [-0.05, 0) is 90.8 Å². The van der Waals surface area contributed by atoms with E-state index in [1.807, 2.05) is 0 Å². The first-order valence-corrected chi connectivity index (χ1v) is 13.1. The van der Waals surface area contributed by atoms with E-state index < -0.39 is 0 Å². The van der Waals surface area contributed by atoms with Crippen molar-refractivity contribution in [2.45, 2.75) is 105 Å². The summed E-state index contributed by atoms with van der Waals surface area (Å²) in [4.78, 5) is 12.1. The molecule has 4 fully saturated rings. The van der Waals surface area contributed by atoms with Gasteiger partial charge in [-0.1, -0.05) is 53.9 Å². The van der Waals surface area contributed by atoms with E-state index in [2.05, 4.69) is 39.9 Å². The number of hydrogen-bond donors (Lipinski definition) is 2. The standard InChI is InChI=1S/C27H47NO2/c1-17(2)7-6-8-18(3)20-9-10-21-25-19(16-29)15-23-27(5,14-12-24(30)28-23)22(25)11-13-26(20,21)4/h17-23,25,29H,6-16H2,1-5H3,(H,28,30)/t18-,19-,20-,21+,22+,23-,25+,26-,27-/m1/s1. The summed E-state index contributed by atoms with van der Waals surface area (Å²) in [7, 11) is 0. The molecule has 0 aromatic rings. The molecule has 172 valence electrons. The van der Waals surface area contributed by atoms with Crippen LogP contribution in [0.1, 0.15) is 98.8 Å². The molecule has 0 spiro atoms. The van der Waals surface area contributed by atoms with E-state index in [9.17, 15) is 9.90 Å². The molecular formula is C27H47NO2. The van der Waals surface area contributed by atoms with Crippen molar-refractivity contribution in [2.75, 3.05) is 6.61 Å². The van der Waals surface area contributed by atoms with E-state index in [4.69, 9.17) is 0 Å².